The molecule has 0 saturated carbocycles. The number of hydrogen-bond acceptors (Lipinski definition) is 5. The van der Waals surface area contributed by atoms with Crippen LogP contribution in [0.3, 0.4) is 0 Å². The van der Waals surface area contributed by atoms with Gasteiger partial charge in [0.1, 0.15) is 0 Å². The minimum absolute atomic E-state index is 0.0558. The Morgan fingerprint density at radius 3 is 2.82 bits per heavy atom. The maximum atomic E-state index is 11.2. The quantitative estimate of drug-likeness (QED) is 0.534. The van der Waals surface area contributed by atoms with Gasteiger partial charge in [0.2, 0.25) is 0 Å². The van der Waals surface area contributed by atoms with Crippen LogP contribution in [0.2, 0.25) is 0 Å². The molecule has 0 spiro atoms. The van der Waals surface area contributed by atoms with Gasteiger partial charge in [0.15, 0.2) is 0 Å². The van der Waals surface area contributed by atoms with Gasteiger partial charge in [0, 0.05) is 6.07 Å². The first-order valence-electron chi connectivity index (χ1n) is 5.04. The fraction of sp³-hybridized carbons (Fsp3) is 0.400. The van der Waals surface area contributed by atoms with E-state index in [2.05, 4.69) is 20.3 Å². The maximum Gasteiger partial charge on any atom is 0.396 e. The molecule has 0 fully saturated rings. The number of H-pyrrole nitrogens is 1. The maximum absolute atomic E-state index is 11.2. The lowest BCUT2D eigenvalue weighted by atomic mass is 10.2. The molecule has 17 heavy (non-hydrogen) atoms. The van der Waals surface area contributed by atoms with Crippen LogP contribution < -0.4 is 10.9 Å². The summed E-state index contributed by atoms with van der Waals surface area (Å²) >= 11 is 0. The molecule has 0 radical (unpaired) electrons. The van der Waals surface area contributed by atoms with Crippen LogP contribution in [0.1, 0.15) is 18.2 Å². The molecule has 0 aliphatic rings. The molecule has 1 aromatic heterocycles. The molecule has 7 heteroatoms. The minimum Gasteiger partial charge on any atom is -0.459 e. The Labute approximate surface area is 97.2 Å². The van der Waals surface area contributed by atoms with E-state index in [0.29, 0.717) is 11.3 Å². The molecule has 0 aliphatic carbocycles. The van der Waals surface area contributed by atoms with E-state index < -0.39 is 11.9 Å². The molecule has 0 unspecified atom stereocenters. The van der Waals surface area contributed by atoms with Crippen molar-refractivity contribution in [3.63, 3.8) is 0 Å². The lowest BCUT2D eigenvalue weighted by Crippen LogP contribution is -2.32. The van der Waals surface area contributed by atoms with Crippen molar-refractivity contribution in [1.29, 1.82) is 0 Å². The zero-order valence-corrected chi connectivity index (χ0v) is 9.57. The van der Waals surface area contributed by atoms with Crippen molar-refractivity contribution in [3.05, 3.63) is 27.7 Å². The van der Waals surface area contributed by atoms with Gasteiger partial charge in [-0.15, -0.1) is 0 Å². The number of ether oxygens (including phenoxy) is 1. The van der Waals surface area contributed by atoms with Gasteiger partial charge < -0.3 is 10.1 Å². The summed E-state index contributed by atoms with van der Waals surface area (Å²) in [6, 6.07) is 1.36. The molecule has 0 atom stereocenters. The fourth-order valence-corrected chi connectivity index (χ4v) is 1.13. The SMILES string of the molecule is CCOC(=O)C(=O)NCc1n[nH]c(=O)cc1C. The monoisotopic (exact) mass is 239 g/mol. The highest BCUT2D eigenvalue weighted by molar-refractivity contribution is 6.32. The van der Waals surface area contributed by atoms with Crippen LogP contribution in [-0.4, -0.2) is 28.7 Å². The van der Waals surface area contributed by atoms with Gasteiger partial charge in [0.25, 0.3) is 5.56 Å². The van der Waals surface area contributed by atoms with E-state index in [4.69, 9.17) is 0 Å². The van der Waals surface area contributed by atoms with E-state index in [-0.39, 0.29) is 18.7 Å². The van der Waals surface area contributed by atoms with Crippen molar-refractivity contribution in [2.24, 2.45) is 0 Å². The number of carbonyl (C=O) groups excluding carboxylic acids is 2. The molecule has 0 saturated heterocycles. The summed E-state index contributed by atoms with van der Waals surface area (Å²) in [5, 5.41) is 8.34. The summed E-state index contributed by atoms with van der Waals surface area (Å²) < 4.78 is 4.51. The number of aryl methyl sites for hydroxylation is 1. The Morgan fingerprint density at radius 1 is 1.53 bits per heavy atom. The second-order valence-corrected chi connectivity index (χ2v) is 3.27. The zero-order valence-electron chi connectivity index (χ0n) is 9.57. The number of amides is 1. The molecule has 7 nitrogen and oxygen atoms in total. The third-order valence-electron chi connectivity index (χ3n) is 1.98. The smallest absolute Gasteiger partial charge is 0.396 e. The molecule has 0 aliphatic heterocycles. The molecular formula is C10H13N3O4. The molecular weight excluding hydrogens is 226 g/mol. The first kappa shape index (κ1) is 12.9. The van der Waals surface area contributed by atoms with Crippen LogP contribution >= 0.6 is 0 Å². The summed E-state index contributed by atoms with van der Waals surface area (Å²) in [4.78, 5) is 33.1. The van der Waals surface area contributed by atoms with Gasteiger partial charge >= 0.3 is 11.9 Å². The highest BCUT2D eigenvalue weighted by Gasteiger charge is 2.14. The van der Waals surface area contributed by atoms with Crippen LogP contribution in [0, 0.1) is 6.92 Å². The Hall–Kier alpha value is -2.18. The summed E-state index contributed by atoms with van der Waals surface area (Å²) in [6.07, 6.45) is 0. The van der Waals surface area contributed by atoms with Crippen LogP contribution in [0.5, 0.6) is 0 Å². The van der Waals surface area contributed by atoms with Crippen molar-refractivity contribution in [2.45, 2.75) is 20.4 Å². The lowest BCUT2D eigenvalue weighted by Gasteiger charge is -2.05. The molecule has 1 heterocycles. The largest absolute Gasteiger partial charge is 0.459 e. The summed E-state index contributed by atoms with van der Waals surface area (Å²) in [6.45, 7) is 3.50. The van der Waals surface area contributed by atoms with E-state index in [0.717, 1.165) is 0 Å². The molecule has 1 amide bonds. The number of carbonyl (C=O) groups is 2. The van der Waals surface area contributed by atoms with Gasteiger partial charge in [-0.1, -0.05) is 0 Å². The molecule has 2 N–H and O–H groups in total. The van der Waals surface area contributed by atoms with Gasteiger partial charge in [-0.25, -0.2) is 9.89 Å². The van der Waals surface area contributed by atoms with Crippen LogP contribution in [0.4, 0.5) is 0 Å². The number of rotatable bonds is 3. The Bertz CT molecular complexity index is 481. The molecule has 0 aromatic carbocycles. The molecule has 0 bridgehead atoms. The average molecular weight is 239 g/mol. The normalized spacial score (nSPS) is 9.76. The predicted octanol–water partition coefficient (Wildman–Crippen LogP) is -0.742. The van der Waals surface area contributed by atoms with Crippen molar-refractivity contribution in [3.8, 4) is 0 Å². The van der Waals surface area contributed by atoms with Crippen LogP contribution in [0.15, 0.2) is 10.9 Å². The predicted molar refractivity (Wildman–Crippen MR) is 58.1 cm³/mol. The number of nitrogens with one attached hydrogen (secondary N) is 2. The Balaban J connectivity index is 2.59. The Kier molecular flexibility index (Phi) is 4.38. The van der Waals surface area contributed by atoms with E-state index >= 15 is 0 Å². The number of hydrogen-bond donors (Lipinski definition) is 2. The van der Waals surface area contributed by atoms with Gasteiger partial charge in [-0.05, 0) is 19.4 Å². The minimum atomic E-state index is -0.936. The molecule has 1 rings (SSSR count). The van der Waals surface area contributed by atoms with Gasteiger partial charge in [-0.2, -0.15) is 5.10 Å². The summed E-state index contributed by atoms with van der Waals surface area (Å²) in [7, 11) is 0. The summed E-state index contributed by atoms with van der Waals surface area (Å²) in [5.41, 5.74) is 0.808. The first-order chi connectivity index (χ1) is 8.04. The highest BCUT2D eigenvalue weighted by Crippen LogP contribution is 1.98. The standard InChI is InChI=1S/C10H13N3O4/c1-3-17-10(16)9(15)11-5-7-6(2)4-8(14)13-12-7/h4H,3,5H2,1-2H3,(H,11,15)(H,13,14). The van der Waals surface area contributed by atoms with Crippen molar-refractivity contribution >= 4 is 11.9 Å². The topological polar surface area (TPSA) is 101 Å². The highest BCUT2D eigenvalue weighted by atomic mass is 16.5. The number of aromatic nitrogens is 2. The van der Waals surface area contributed by atoms with E-state index in [1.165, 1.54) is 6.07 Å². The number of nitrogens with zero attached hydrogens (tertiary/aromatic N) is 1. The number of aromatic amines is 1. The van der Waals surface area contributed by atoms with E-state index in [1.807, 2.05) is 0 Å². The van der Waals surface area contributed by atoms with E-state index in [1.54, 1.807) is 13.8 Å². The second kappa shape index (κ2) is 5.78. The molecule has 92 valence electrons. The third-order valence-corrected chi connectivity index (χ3v) is 1.98. The van der Waals surface area contributed by atoms with E-state index in [9.17, 15) is 14.4 Å². The Morgan fingerprint density at radius 2 is 2.24 bits per heavy atom. The lowest BCUT2D eigenvalue weighted by molar-refractivity contribution is -0.154. The second-order valence-electron chi connectivity index (χ2n) is 3.27. The van der Waals surface area contributed by atoms with Crippen LogP contribution in [0.25, 0.3) is 0 Å². The van der Waals surface area contributed by atoms with Crippen LogP contribution in [-0.2, 0) is 20.9 Å². The molecule has 1 aromatic rings. The number of esters is 1. The third kappa shape index (κ3) is 3.71. The average Bonchev–Trinajstić information content (AvgIpc) is 2.27. The van der Waals surface area contributed by atoms with Crippen molar-refractivity contribution in [1.82, 2.24) is 15.5 Å². The fourth-order valence-electron chi connectivity index (χ4n) is 1.13. The van der Waals surface area contributed by atoms with Crippen molar-refractivity contribution < 1.29 is 14.3 Å². The van der Waals surface area contributed by atoms with Crippen molar-refractivity contribution in [2.75, 3.05) is 6.61 Å². The first-order valence-corrected chi connectivity index (χ1v) is 5.04. The zero-order chi connectivity index (χ0) is 12.8. The summed E-state index contributed by atoms with van der Waals surface area (Å²) in [5.74, 6) is -1.77. The van der Waals surface area contributed by atoms with Gasteiger partial charge in [0.05, 0.1) is 18.8 Å². The van der Waals surface area contributed by atoms with Gasteiger partial charge in [-0.3, -0.25) is 9.59 Å².